The quantitative estimate of drug-likeness (QED) is 0.631. The van der Waals surface area contributed by atoms with Gasteiger partial charge in [0.1, 0.15) is 11.7 Å². The van der Waals surface area contributed by atoms with Crippen LogP contribution in [0.25, 0.3) is 0 Å². The van der Waals surface area contributed by atoms with E-state index < -0.39 is 11.7 Å². The minimum Gasteiger partial charge on any atom is -0.457 e. The van der Waals surface area contributed by atoms with E-state index in [1.54, 1.807) is 33.8 Å². The molecule has 19 heavy (non-hydrogen) atoms. The van der Waals surface area contributed by atoms with Crippen molar-refractivity contribution < 1.29 is 19.1 Å². The maximum atomic E-state index is 11.7. The second kappa shape index (κ2) is 6.08. The highest BCUT2D eigenvalue weighted by Gasteiger charge is 2.42. The first kappa shape index (κ1) is 15.5. The minimum atomic E-state index is -0.534. The lowest BCUT2D eigenvalue weighted by atomic mass is 9.78. The standard InChI is InChI=1S/C14H23NO4/c1-6-7-11(16)18-10-8-9(2)12(10)15-13(17)19-14(3,4)5/h6-7,9-10,12H,8H2,1-5H3,(H,15,17). The highest BCUT2D eigenvalue weighted by Crippen LogP contribution is 2.30. The number of alkyl carbamates (subject to hydrolysis) is 1. The molecule has 3 unspecified atom stereocenters. The van der Waals surface area contributed by atoms with E-state index in [1.165, 1.54) is 6.08 Å². The smallest absolute Gasteiger partial charge is 0.408 e. The second-order valence-electron chi connectivity index (χ2n) is 5.86. The molecule has 0 radical (unpaired) electrons. The summed E-state index contributed by atoms with van der Waals surface area (Å²) in [5.74, 6) is -0.105. The average Bonchev–Trinajstić information content (AvgIpc) is 2.23. The number of ether oxygens (including phenoxy) is 2. The Morgan fingerprint density at radius 2 is 1.95 bits per heavy atom. The normalized spacial score (nSPS) is 26.7. The molecule has 0 aromatic heterocycles. The summed E-state index contributed by atoms with van der Waals surface area (Å²) in [5.41, 5.74) is -0.534. The van der Waals surface area contributed by atoms with Gasteiger partial charge in [-0.15, -0.1) is 0 Å². The summed E-state index contributed by atoms with van der Waals surface area (Å²) in [7, 11) is 0. The first-order valence-electron chi connectivity index (χ1n) is 6.55. The van der Waals surface area contributed by atoms with Crippen LogP contribution < -0.4 is 5.32 Å². The fourth-order valence-corrected chi connectivity index (χ4v) is 1.96. The summed E-state index contributed by atoms with van der Waals surface area (Å²) >= 11 is 0. The monoisotopic (exact) mass is 269 g/mol. The van der Waals surface area contributed by atoms with Gasteiger partial charge in [-0.3, -0.25) is 0 Å². The van der Waals surface area contributed by atoms with Crippen LogP contribution in [0.1, 0.15) is 41.0 Å². The van der Waals surface area contributed by atoms with Crippen molar-refractivity contribution in [3.8, 4) is 0 Å². The van der Waals surface area contributed by atoms with Crippen LogP contribution >= 0.6 is 0 Å². The lowest BCUT2D eigenvalue weighted by molar-refractivity contribution is -0.152. The van der Waals surface area contributed by atoms with Crippen LogP contribution in [-0.2, 0) is 14.3 Å². The first-order valence-corrected chi connectivity index (χ1v) is 6.55. The SMILES string of the molecule is CC=CC(=O)OC1CC(C)C1NC(=O)OC(C)(C)C. The highest BCUT2D eigenvalue weighted by atomic mass is 16.6. The third-order valence-corrected chi connectivity index (χ3v) is 2.87. The van der Waals surface area contributed by atoms with Crippen molar-refractivity contribution in [2.24, 2.45) is 5.92 Å². The molecule has 3 atom stereocenters. The van der Waals surface area contributed by atoms with E-state index in [4.69, 9.17) is 9.47 Å². The van der Waals surface area contributed by atoms with Gasteiger partial charge in [0.25, 0.3) is 0 Å². The molecule has 1 amide bonds. The summed E-state index contributed by atoms with van der Waals surface area (Å²) in [6.07, 6.45) is 3.00. The number of carbonyl (C=O) groups excluding carboxylic acids is 2. The van der Waals surface area contributed by atoms with Gasteiger partial charge in [-0.2, -0.15) is 0 Å². The van der Waals surface area contributed by atoms with Gasteiger partial charge in [-0.05, 0) is 40.0 Å². The van der Waals surface area contributed by atoms with Gasteiger partial charge < -0.3 is 14.8 Å². The molecule has 0 aromatic carbocycles. The molecule has 0 spiro atoms. The Kier molecular flexibility index (Phi) is 4.97. The van der Waals surface area contributed by atoms with Crippen molar-refractivity contribution in [3.63, 3.8) is 0 Å². The van der Waals surface area contributed by atoms with Crippen molar-refractivity contribution >= 4 is 12.1 Å². The molecule has 1 aliphatic carbocycles. The van der Waals surface area contributed by atoms with Crippen molar-refractivity contribution in [1.29, 1.82) is 0 Å². The van der Waals surface area contributed by atoms with Crippen molar-refractivity contribution in [2.75, 3.05) is 0 Å². The van der Waals surface area contributed by atoms with Crippen molar-refractivity contribution in [3.05, 3.63) is 12.2 Å². The van der Waals surface area contributed by atoms with E-state index in [0.29, 0.717) is 0 Å². The van der Waals surface area contributed by atoms with E-state index in [9.17, 15) is 9.59 Å². The zero-order chi connectivity index (χ0) is 14.6. The summed E-state index contributed by atoms with van der Waals surface area (Å²) in [5, 5.41) is 2.76. The topological polar surface area (TPSA) is 64.6 Å². The number of carbonyl (C=O) groups is 2. The summed E-state index contributed by atoms with van der Waals surface area (Å²) in [6, 6.07) is -0.177. The van der Waals surface area contributed by atoms with E-state index in [-0.39, 0.29) is 24.0 Å². The molecular weight excluding hydrogens is 246 g/mol. The van der Waals surface area contributed by atoms with Crippen molar-refractivity contribution in [1.82, 2.24) is 5.32 Å². The second-order valence-corrected chi connectivity index (χ2v) is 5.86. The molecule has 0 aliphatic heterocycles. The Balaban J connectivity index is 2.47. The van der Waals surface area contributed by atoms with Crippen LogP contribution in [0.15, 0.2) is 12.2 Å². The number of amides is 1. The molecule has 0 bridgehead atoms. The number of esters is 1. The van der Waals surface area contributed by atoms with Crippen molar-refractivity contribution in [2.45, 2.75) is 58.8 Å². The fourth-order valence-electron chi connectivity index (χ4n) is 1.96. The van der Waals surface area contributed by atoms with Crippen LogP contribution in [0, 0.1) is 5.92 Å². The van der Waals surface area contributed by atoms with Crippen LogP contribution in [-0.4, -0.2) is 29.8 Å². The van der Waals surface area contributed by atoms with E-state index in [1.807, 2.05) is 6.92 Å². The van der Waals surface area contributed by atoms with Gasteiger partial charge in [-0.25, -0.2) is 9.59 Å². The van der Waals surface area contributed by atoms with Crippen LogP contribution in [0.5, 0.6) is 0 Å². The molecular formula is C14H23NO4. The molecule has 1 N–H and O–H groups in total. The summed E-state index contributed by atoms with van der Waals surface area (Å²) in [4.78, 5) is 23.0. The number of hydrogen-bond donors (Lipinski definition) is 1. The first-order chi connectivity index (χ1) is 8.73. The van der Waals surface area contributed by atoms with E-state index >= 15 is 0 Å². The van der Waals surface area contributed by atoms with Gasteiger partial charge >= 0.3 is 12.1 Å². The van der Waals surface area contributed by atoms with Crippen LogP contribution in [0.4, 0.5) is 4.79 Å². The Bertz CT molecular complexity index is 370. The zero-order valence-electron chi connectivity index (χ0n) is 12.2. The Morgan fingerprint density at radius 3 is 2.42 bits per heavy atom. The maximum absolute atomic E-state index is 11.7. The third-order valence-electron chi connectivity index (χ3n) is 2.87. The molecule has 108 valence electrons. The molecule has 5 heteroatoms. The molecule has 1 fully saturated rings. The van der Waals surface area contributed by atoms with Gasteiger partial charge in [-0.1, -0.05) is 13.0 Å². The maximum Gasteiger partial charge on any atom is 0.408 e. The molecule has 0 saturated heterocycles. The highest BCUT2D eigenvalue weighted by molar-refractivity contribution is 5.82. The molecule has 5 nitrogen and oxygen atoms in total. The zero-order valence-corrected chi connectivity index (χ0v) is 12.2. The molecule has 0 heterocycles. The molecule has 1 saturated carbocycles. The summed E-state index contributed by atoms with van der Waals surface area (Å²) in [6.45, 7) is 9.17. The number of hydrogen-bond acceptors (Lipinski definition) is 4. The molecule has 1 aliphatic rings. The van der Waals surface area contributed by atoms with Gasteiger partial charge in [0.2, 0.25) is 0 Å². The van der Waals surface area contributed by atoms with Gasteiger partial charge in [0.05, 0.1) is 6.04 Å². The van der Waals surface area contributed by atoms with E-state index in [0.717, 1.165) is 6.42 Å². The molecule has 1 rings (SSSR count). The minimum absolute atomic E-state index is 0.177. The van der Waals surface area contributed by atoms with E-state index in [2.05, 4.69) is 5.32 Å². The average molecular weight is 269 g/mol. The van der Waals surface area contributed by atoms with Gasteiger partial charge in [0, 0.05) is 6.08 Å². The Hall–Kier alpha value is -1.52. The lowest BCUT2D eigenvalue weighted by Crippen LogP contribution is -2.58. The molecule has 0 aromatic rings. The number of rotatable bonds is 3. The van der Waals surface area contributed by atoms with Gasteiger partial charge in [0.15, 0.2) is 0 Å². The predicted molar refractivity (Wildman–Crippen MR) is 71.6 cm³/mol. The summed E-state index contributed by atoms with van der Waals surface area (Å²) < 4.78 is 10.4. The third kappa shape index (κ3) is 4.93. The fraction of sp³-hybridized carbons (Fsp3) is 0.714. The Labute approximate surface area is 114 Å². The number of nitrogens with one attached hydrogen (secondary N) is 1. The van der Waals surface area contributed by atoms with Crippen LogP contribution in [0.3, 0.4) is 0 Å². The largest absolute Gasteiger partial charge is 0.457 e. The predicted octanol–water partition coefficient (Wildman–Crippen LogP) is 2.41. The van der Waals surface area contributed by atoms with Crippen LogP contribution in [0.2, 0.25) is 0 Å². The Morgan fingerprint density at radius 1 is 1.32 bits per heavy atom. The number of allylic oxidation sites excluding steroid dienone is 1. The lowest BCUT2D eigenvalue weighted by Gasteiger charge is -2.42.